The van der Waals surface area contributed by atoms with E-state index < -0.39 is 5.60 Å². The second kappa shape index (κ2) is 17.6. The van der Waals surface area contributed by atoms with Crippen LogP contribution >= 0.6 is 0 Å². The van der Waals surface area contributed by atoms with E-state index in [1.807, 2.05) is 61.7 Å². The van der Waals surface area contributed by atoms with Gasteiger partial charge in [-0.05, 0) is 66.7 Å². The second-order valence-electron chi connectivity index (χ2n) is 6.98. The Hall–Kier alpha value is -0.830. The fourth-order valence-corrected chi connectivity index (χ4v) is 3.20. The van der Waals surface area contributed by atoms with E-state index in [4.69, 9.17) is 5.26 Å². The number of likely N-dealkylation sites (tertiary alicyclic amines) is 2. The van der Waals surface area contributed by atoms with E-state index in [2.05, 4.69) is 29.1 Å². The molecule has 2 saturated heterocycles. The van der Waals surface area contributed by atoms with Gasteiger partial charge in [0.25, 0.3) is 0 Å². The minimum Gasteiger partial charge on any atom is -0.389 e. The summed E-state index contributed by atoms with van der Waals surface area (Å²) in [5.74, 6) is 0. The van der Waals surface area contributed by atoms with Crippen molar-refractivity contribution in [3.05, 3.63) is 0 Å². The molecule has 158 valence electrons. The van der Waals surface area contributed by atoms with Gasteiger partial charge in [-0.25, -0.2) is 0 Å². The van der Waals surface area contributed by atoms with E-state index in [9.17, 15) is 5.11 Å². The largest absolute Gasteiger partial charge is 0.389 e. The maximum Gasteiger partial charge on any atom is 0.177 e. The third kappa shape index (κ3) is 15.4. The maximum atomic E-state index is 9.50. The van der Waals surface area contributed by atoms with Gasteiger partial charge in [0.2, 0.25) is 0 Å². The van der Waals surface area contributed by atoms with Crippen LogP contribution in [0.3, 0.4) is 0 Å². The first kappa shape index (κ1) is 29.9. The molecule has 2 fully saturated rings. The van der Waals surface area contributed by atoms with Gasteiger partial charge in [0.1, 0.15) is 0 Å². The van der Waals surface area contributed by atoms with E-state index in [1.165, 1.54) is 6.42 Å². The molecule has 26 heavy (non-hydrogen) atoms. The van der Waals surface area contributed by atoms with Gasteiger partial charge >= 0.3 is 0 Å². The first-order valence-electron chi connectivity index (χ1n) is 10.5. The number of piperidine rings is 2. The first-order valence-corrected chi connectivity index (χ1v) is 10.5. The molecule has 2 atom stereocenters. The van der Waals surface area contributed by atoms with Gasteiger partial charge in [-0.1, -0.05) is 41.5 Å². The molecule has 0 bridgehead atoms. The minimum absolute atomic E-state index is 0.0156. The summed E-state index contributed by atoms with van der Waals surface area (Å²) < 4.78 is 0. The molecule has 0 aromatic heterocycles. The highest BCUT2D eigenvalue weighted by molar-refractivity contribution is 4.94. The number of β-amino-alcohol motifs (C(OH)–C–C–N with tert-alkyl or cyclic N) is 1. The number of aliphatic hydroxyl groups is 1. The molecule has 2 N–H and O–H groups in total. The molecule has 0 amide bonds. The normalized spacial score (nSPS) is 28.1. The molecular formula is C21H48N4O. The first-order chi connectivity index (χ1) is 12.3. The highest BCUT2D eigenvalue weighted by atomic mass is 16.3. The number of likely N-dealkylation sites (N-methyl/N-ethyl adjacent to an activating group) is 2. The van der Waals surface area contributed by atoms with Crippen LogP contribution in [-0.4, -0.2) is 66.3 Å². The summed E-state index contributed by atoms with van der Waals surface area (Å²) in [6.45, 7) is 20.1. The molecule has 2 rings (SSSR count). The number of rotatable bonds is 1. The van der Waals surface area contributed by atoms with Crippen molar-refractivity contribution in [1.82, 2.24) is 15.1 Å². The summed E-state index contributed by atoms with van der Waals surface area (Å²) in [5.41, 5.74) is -0.408. The van der Waals surface area contributed by atoms with Crippen molar-refractivity contribution in [2.45, 2.75) is 92.2 Å². The summed E-state index contributed by atoms with van der Waals surface area (Å²) in [6, 6.07) is 0. The molecule has 5 nitrogen and oxygen atoms in total. The van der Waals surface area contributed by atoms with Crippen molar-refractivity contribution in [1.29, 1.82) is 5.26 Å². The van der Waals surface area contributed by atoms with Crippen LogP contribution in [-0.2, 0) is 0 Å². The third-order valence-corrected chi connectivity index (χ3v) is 4.11. The van der Waals surface area contributed by atoms with Gasteiger partial charge in [-0.2, -0.15) is 5.26 Å². The van der Waals surface area contributed by atoms with Gasteiger partial charge in [0.05, 0.1) is 11.1 Å². The molecule has 0 spiro atoms. The lowest BCUT2D eigenvalue weighted by Crippen LogP contribution is -2.52. The summed E-state index contributed by atoms with van der Waals surface area (Å²) >= 11 is 0. The Balaban J connectivity index is -0.000000319. The Morgan fingerprint density at radius 1 is 0.846 bits per heavy atom. The van der Waals surface area contributed by atoms with Crippen molar-refractivity contribution in [2.24, 2.45) is 0 Å². The van der Waals surface area contributed by atoms with Crippen LogP contribution in [0.15, 0.2) is 0 Å². The van der Waals surface area contributed by atoms with Gasteiger partial charge in [-0.15, -0.1) is 0 Å². The number of hydrogen-bond donors (Lipinski definition) is 2. The Morgan fingerprint density at radius 3 is 1.58 bits per heavy atom. The standard InChI is InChI=1S/C8H15N3.C7H15NO.3C2H6/c1-8(10-7-9)4-3-5-11(2)6-8;1-7(9)4-3-5-8(2)6-7;3*1-2/h10H,3-6H2,1-2H3;9H,3-6H2,1-2H3;3*1-2H3. The van der Waals surface area contributed by atoms with Crippen molar-refractivity contribution in [3.8, 4) is 6.19 Å². The van der Waals surface area contributed by atoms with Crippen molar-refractivity contribution >= 4 is 0 Å². The Labute approximate surface area is 164 Å². The zero-order valence-corrected chi connectivity index (χ0v) is 19.4. The van der Waals surface area contributed by atoms with Gasteiger partial charge in [0, 0.05) is 13.1 Å². The van der Waals surface area contributed by atoms with Crippen LogP contribution in [0.4, 0.5) is 0 Å². The van der Waals surface area contributed by atoms with E-state index >= 15 is 0 Å². The van der Waals surface area contributed by atoms with E-state index in [0.717, 1.165) is 45.4 Å². The van der Waals surface area contributed by atoms with E-state index in [-0.39, 0.29) is 5.54 Å². The summed E-state index contributed by atoms with van der Waals surface area (Å²) in [6.07, 6.45) is 6.39. The van der Waals surface area contributed by atoms with Crippen LogP contribution in [0, 0.1) is 11.5 Å². The van der Waals surface area contributed by atoms with E-state index in [0.29, 0.717) is 0 Å². The second-order valence-corrected chi connectivity index (χ2v) is 6.98. The zero-order chi connectivity index (χ0) is 21.2. The topological polar surface area (TPSA) is 62.5 Å². The molecule has 5 heteroatoms. The number of nitriles is 1. The number of nitrogens with zero attached hydrogens (tertiary/aromatic N) is 3. The summed E-state index contributed by atoms with van der Waals surface area (Å²) in [7, 11) is 4.14. The fraction of sp³-hybridized carbons (Fsp3) is 0.952. The Kier molecular flexibility index (Phi) is 20.2. The number of hydrogen-bond acceptors (Lipinski definition) is 5. The highest BCUT2D eigenvalue weighted by Gasteiger charge is 2.28. The lowest BCUT2D eigenvalue weighted by atomic mass is 9.92. The van der Waals surface area contributed by atoms with E-state index in [1.54, 1.807) is 0 Å². The fourth-order valence-electron chi connectivity index (χ4n) is 3.20. The predicted octanol–water partition coefficient (Wildman–Crippen LogP) is 4.08. The van der Waals surface area contributed by atoms with Gasteiger partial charge in [-0.3, -0.25) is 0 Å². The molecule has 0 aromatic rings. The summed E-state index contributed by atoms with van der Waals surface area (Å²) in [5, 5.41) is 20.8. The molecule has 2 heterocycles. The zero-order valence-electron chi connectivity index (χ0n) is 19.4. The van der Waals surface area contributed by atoms with Crippen molar-refractivity contribution < 1.29 is 5.11 Å². The molecule has 0 radical (unpaired) electrons. The SMILES string of the molecule is CC.CC.CC.CN1CCCC(C)(NC#N)C1.CN1CCCC(C)(O)C1. The lowest BCUT2D eigenvalue weighted by molar-refractivity contribution is -0.00684. The van der Waals surface area contributed by atoms with Crippen LogP contribution in [0.5, 0.6) is 0 Å². The highest BCUT2D eigenvalue weighted by Crippen LogP contribution is 2.19. The average Bonchev–Trinajstić information content (AvgIpc) is 2.59. The smallest absolute Gasteiger partial charge is 0.177 e. The molecule has 2 aliphatic heterocycles. The molecular weight excluding hydrogens is 324 g/mol. The predicted molar refractivity (Wildman–Crippen MR) is 115 cm³/mol. The van der Waals surface area contributed by atoms with Crippen LogP contribution in [0.2, 0.25) is 0 Å². The summed E-state index contributed by atoms with van der Waals surface area (Å²) in [4.78, 5) is 4.43. The monoisotopic (exact) mass is 372 g/mol. The van der Waals surface area contributed by atoms with Crippen molar-refractivity contribution in [2.75, 3.05) is 40.3 Å². The van der Waals surface area contributed by atoms with Gasteiger partial charge < -0.3 is 20.2 Å². The molecule has 2 unspecified atom stereocenters. The minimum atomic E-state index is -0.424. The van der Waals surface area contributed by atoms with Crippen molar-refractivity contribution in [3.63, 3.8) is 0 Å². The molecule has 2 aliphatic rings. The maximum absolute atomic E-state index is 9.50. The van der Waals surface area contributed by atoms with Gasteiger partial charge in [0.15, 0.2) is 6.19 Å². The number of nitrogens with one attached hydrogen (secondary N) is 1. The van der Waals surface area contributed by atoms with Crippen LogP contribution in [0.25, 0.3) is 0 Å². The molecule has 0 saturated carbocycles. The third-order valence-electron chi connectivity index (χ3n) is 4.11. The van der Waals surface area contributed by atoms with Crippen LogP contribution < -0.4 is 5.32 Å². The quantitative estimate of drug-likeness (QED) is 0.536. The molecule has 0 aromatic carbocycles. The lowest BCUT2D eigenvalue weighted by Gasteiger charge is -2.37. The molecule has 0 aliphatic carbocycles. The average molecular weight is 373 g/mol. The Bertz CT molecular complexity index is 341. The Morgan fingerprint density at radius 2 is 1.27 bits per heavy atom. The van der Waals surface area contributed by atoms with Crippen LogP contribution in [0.1, 0.15) is 81.1 Å².